The summed E-state index contributed by atoms with van der Waals surface area (Å²) in [5.41, 5.74) is 2.20. The molecule has 0 radical (unpaired) electrons. The fourth-order valence-electron chi connectivity index (χ4n) is 3.62. The van der Waals surface area contributed by atoms with Gasteiger partial charge in [0.15, 0.2) is 0 Å². The average molecular weight is 347 g/mol. The Kier molecular flexibility index (Phi) is 7.21. The van der Waals surface area contributed by atoms with Gasteiger partial charge in [0.05, 0.1) is 0 Å². The van der Waals surface area contributed by atoms with Crippen LogP contribution in [0.1, 0.15) is 63.0 Å². The fraction of sp³-hybridized carbons (Fsp3) is 0.750. The van der Waals surface area contributed by atoms with Crippen LogP contribution < -0.4 is 4.90 Å². The van der Waals surface area contributed by atoms with Crippen LogP contribution in [-0.2, 0) is 4.79 Å². The van der Waals surface area contributed by atoms with Gasteiger partial charge < -0.3 is 9.80 Å². The zero-order chi connectivity index (χ0) is 18.4. The third-order valence-corrected chi connectivity index (χ3v) is 5.33. The van der Waals surface area contributed by atoms with Gasteiger partial charge in [-0.3, -0.25) is 4.79 Å². The van der Waals surface area contributed by atoms with E-state index in [4.69, 9.17) is 0 Å². The van der Waals surface area contributed by atoms with Crippen molar-refractivity contribution in [2.24, 2.45) is 5.92 Å². The summed E-state index contributed by atoms with van der Waals surface area (Å²) >= 11 is 0. The molecule has 25 heavy (non-hydrogen) atoms. The highest BCUT2D eigenvalue weighted by atomic mass is 16.2. The smallest absolute Gasteiger partial charge is 0.225 e. The molecule has 5 heteroatoms. The lowest BCUT2D eigenvalue weighted by Crippen LogP contribution is -2.39. The van der Waals surface area contributed by atoms with E-state index in [-0.39, 0.29) is 5.92 Å². The summed E-state index contributed by atoms with van der Waals surface area (Å²) < 4.78 is 0. The normalized spacial score (nSPS) is 16.7. The maximum Gasteiger partial charge on any atom is 0.225 e. The van der Waals surface area contributed by atoms with Gasteiger partial charge in [0.25, 0.3) is 0 Å². The molecule has 0 N–H and O–H groups in total. The Morgan fingerprint density at radius 1 is 1.08 bits per heavy atom. The zero-order valence-corrected chi connectivity index (χ0v) is 16.6. The standard InChI is InChI=1S/C20H34N4O/c1-6-8-10-18(7-2)20(25)24-12-9-11-23(13-14-24)19-15(3)16(4)21-17(5)22-19/h18H,6-14H2,1-5H3. The maximum atomic E-state index is 12.9. The van der Waals surface area contributed by atoms with Crippen molar-refractivity contribution in [3.05, 3.63) is 17.1 Å². The molecule has 0 aliphatic carbocycles. The van der Waals surface area contributed by atoms with E-state index in [0.29, 0.717) is 5.91 Å². The molecule has 140 valence electrons. The number of carbonyl (C=O) groups is 1. The monoisotopic (exact) mass is 346 g/mol. The second-order valence-electron chi connectivity index (χ2n) is 7.22. The lowest BCUT2D eigenvalue weighted by molar-refractivity contribution is -0.135. The van der Waals surface area contributed by atoms with E-state index in [1.807, 2.05) is 13.8 Å². The summed E-state index contributed by atoms with van der Waals surface area (Å²) in [5.74, 6) is 2.40. The van der Waals surface area contributed by atoms with E-state index in [1.165, 1.54) is 0 Å². The summed E-state index contributed by atoms with van der Waals surface area (Å²) in [6, 6.07) is 0. The second-order valence-corrected chi connectivity index (χ2v) is 7.22. The van der Waals surface area contributed by atoms with Gasteiger partial charge >= 0.3 is 0 Å². The first-order valence-electron chi connectivity index (χ1n) is 9.83. The Labute approximate surface area is 152 Å². The van der Waals surface area contributed by atoms with Crippen molar-refractivity contribution in [3.63, 3.8) is 0 Å². The van der Waals surface area contributed by atoms with Gasteiger partial charge in [-0.1, -0.05) is 26.7 Å². The number of rotatable bonds is 6. The zero-order valence-electron chi connectivity index (χ0n) is 16.6. The molecule has 2 rings (SSSR count). The number of amides is 1. The third-order valence-electron chi connectivity index (χ3n) is 5.33. The van der Waals surface area contributed by atoms with Crippen molar-refractivity contribution in [1.82, 2.24) is 14.9 Å². The van der Waals surface area contributed by atoms with Crippen LogP contribution in [0.5, 0.6) is 0 Å². The quantitative estimate of drug-likeness (QED) is 0.789. The van der Waals surface area contributed by atoms with Crippen LogP contribution in [0.25, 0.3) is 0 Å². The molecule has 0 bridgehead atoms. The molecule has 1 unspecified atom stereocenters. The lowest BCUT2D eigenvalue weighted by Gasteiger charge is -2.27. The number of hydrogen-bond acceptors (Lipinski definition) is 4. The number of nitrogens with zero attached hydrogens (tertiary/aromatic N) is 4. The van der Waals surface area contributed by atoms with Crippen LogP contribution in [0.2, 0.25) is 0 Å². The average Bonchev–Trinajstić information content (AvgIpc) is 2.84. The van der Waals surface area contributed by atoms with E-state index < -0.39 is 0 Å². The molecular formula is C20H34N4O. The molecule has 1 aliphatic rings. The van der Waals surface area contributed by atoms with Crippen LogP contribution in [0.15, 0.2) is 0 Å². The molecule has 1 saturated heterocycles. The van der Waals surface area contributed by atoms with Crippen LogP contribution in [0, 0.1) is 26.7 Å². The van der Waals surface area contributed by atoms with Gasteiger partial charge in [0.2, 0.25) is 5.91 Å². The Bertz CT molecular complexity index is 587. The summed E-state index contributed by atoms with van der Waals surface area (Å²) in [7, 11) is 0. The highest BCUT2D eigenvalue weighted by molar-refractivity contribution is 5.79. The minimum Gasteiger partial charge on any atom is -0.354 e. The number of aryl methyl sites for hydroxylation is 2. The first-order chi connectivity index (χ1) is 12.0. The van der Waals surface area contributed by atoms with E-state index in [9.17, 15) is 4.79 Å². The lowest BCUT2D eigenvalue weighted by atomic mass is 9.97. The first kappa shape index (κ1) is 19.7. The van der Waals surface area contributed by atoms with Crippen molar-refractivity contribution >= 4 is 11.7 Å². The van der Waals surface area contributed by atoms with Crippen LogP contribution in [0.4, 0.5) is 5.82 Å². The van der Waals surface area contributed by atoms with E-state index in [0.717, 1.165) is 81.2 Å². The second kappa shape index (κ2) is 9.16. The van der Waals surface area contributed by atoms with Crippen LogP contribution in [0.3, 0.4) is 0 Å². The van der Waals surface area contributed by atoms with Gasteiger partial charge in [-0.15, -0.1) is 0 Å². The van der Waals surface area contributed by atoms with Crippen molar-refractivity contribution < 1.29 is 4.79 Å². The molecule has 1 atom stereocenters. The maximum absolute atomic E-state index is 12.9. The Hall–Kier alpha value is -1.65. The molecule has 1 fully saturated rings. The highest BCUT2D eigenvalue weighted by Gasteiger charge is 2.25. The molecule has 0 saturated carbocycles. The molecular weight excluding hydrogens is 312 g/mol. The van der Waals surface area contributed by atoms with Crippen molar-refractivity contribution in [1.29, 1.82) is 0 Å². The van der Waals surface area contributed by atoms with E-state index in [1.54, 1.807) is 0 Å². The highest BCUT2D eigenvalue weighted by Crippen LogP contribution is 2.22. The molecule has 5 nitrogen and oxygen atoms in total. The SMILES string of the molecule is CCCCC(CC)C(=O)N1CCCN(c2nc(C)nc(C)c2C)CC1. The predicted octanol–water partition coefficient (Wildman–Crippen LogP) is 3.66. The van der Waals surface area contributed by atoms with Gasteiger partial charge in [-0.05, 0) is 40.0 Å². The minimum atomic E-state index is 0.191. The van der Waals surface area contributed by atoms with Crippen molar-refractivity contribution in [3.8, 4) is 0 Å². The topological polar surface area (TPSA) is 49.3 Å². The molecule has 0 spiro atoms. The van der Waals surface area contributed by atoms with Gasteiger partial charge in [-0.25, -0.2) is 9.97 Å². The molecule has 1 aromatic heterocycles. The minimum absolute atomic E-state index is 0.191. The van der Waals surface area contributed by atoms with Gasteiger partial charge in [0, 0.05) is 43.4 Å². The van der Waals surface area contributed by atoms with Crippen LogP contribution in [-0.4, -0.2) is 47.0 Å². The number of hydrogen-bond donors (Lipinski definition) is 0. The summed E-state index contributed by atoms with van der Waals surface area (Å²) in [4.78, 5) is 26.4. The Balaban J connectivity index is 2.06. The number of unbranched alkanes of at least 4 members (excludes halogenated alkanes) is 1. The number of anilines is 1. The first-order valence-corrected chi connectivity index (χ1v) is 9.83. The third kappa shape index (κ3) is 4.93. The van der Waals surface area contributed by atoms with Crippen molar-refractivity contribution in [2.75, 3.05) is 31.1 Å². The molecule has 0 aromatic carbocycles. The largest absolute Gasteiger partial charge is 0.354 e. The fourth-order valence-corrected chi connectivity index (χ4v) is 3.62. The Morgan fingerprint density at radius 3 is 2.52 bits per heavy atom. The van der Waals surface area contributed by atoms with Crippen molar-refractivity contribution in [2.45, 2.75) is 66.7 Å². The summed E-state index contributed by atoms with van der Waals surface area (Å²) in [5, 5.41) is 0. The summed E-state index contributed by atoms with van der Waals surface area (Å²) in [6.07, 6.45) is 5.27. The number of aromatic nitrogens is 2. The molecule has 1 amide bonds. The summed E-state index contributed by atoms with van der Waals surface area (Å²) in [6.45, 7) is 13.9. The van der Waals surface area contributed by atoms with E-state index >= 15 is 0 Å². The Morgan fingerprint density at radius 2 is 1.84 bits per heavy atom. The molecule has 1 aliphatic heterocycles. The number of carbonyl (C=O) groups excluding carboxylic acids is 1. The van der Waals surface area contributed by atoms with Crippen LogP contribution >= 0.6 is 0 Å². The van der Waals surface area contributed by atoms with Gasteiger partial charge in [0.1, 0.15) is 11.6 Å². The molecule has 2 heterocycles. The molecule has 1 aromatic rings. The predicted molar refractivity (Wildman–Crippen MR) is 103 cm³/mol. The van der Waals surface area contributed by atoms with Gasteiger partial charge in [-0.2, -0.15) is 0 Å². The van der Waals surface area contributed by atoms with E-state index in [2.05, 4.69) is 40.5 Å².